The second-order valence-electron chi connectivity index (χ2n) is 9.36. The average Bonchev–Trinajstić information content (AvgIpc) is 2.74. The van der Waals surface area contributed by atoms with E-state index in [9.17, 15) is 18.0 Å². The molecule has 0 unspecified atom stereocenters. The Bertz CT molecular complexity index is 1110. The zero-order chi connectivity index (χ0) is 22.9. The summed E-state index contributed by atoms with van der Waals surface area (Å²) < 4.78 is 27.1. The van der Waals surface area contributed by atoms with Crippen molar-refractivity contribution in [3.63, 3.8) is 0 Å². The zero-order valence-electron chi connectivity index (χ0n) is 18.4. The third-order valence-electron chi connectivity index (χ3n) is 7.02. The van der Waals surface area contributed by atoms with Crippen molar-refractivity contribution in [2.75, 3.05) is 18.8 Å². The Hall–Kier alpha value is -2.45. The monoisotopic (exact) mass is 457 g/mol. The molecule has 0 spiro atoms. The van der Waals surface area contributed by atoms with Gasteiger partial charge in [0, 0.05) is 19.0 Å². The van der Waals surface area contributed by atoms with E-state index in [1.54, 1.807) is 0 Å². The summed E-state index contributed by atoms with van der Waals surface area (Å²) in [4.78, 5) is 24.9. The fraction of sp³-hybridized carbons (Fsp3) is 0.500. The zero-order valence-corrected chi connectivity index (χ0v) is 19.2. The van der Waals surface area contributed by atoms with Crippen LogP contribution in [0.3, 0.4) is 0 Å². The van der Waals surface area contributed by atoms with Crippen molar-refractivity contribution in [2.45, 2.75) is 44.6 Å². The van der Waals surface area contributed by atoms with Crippen molar-refractivity contribution >= 4 is 32.6 Å². The highest BCUT2D eigenvalue weighted by molar-refractivity contribution is 7.89. The number of rotatable bonds is 7. The van der Waals surface area contributed by atoms with Crippen LogP contribution in [-0.2, 0) is 26.0 Å². The number of sulfonamides is 1. The van der Waals surface area contributed by atoms with Crippen LogP contribution in [0.4, 0.5) is 0 Å². The summed E-state index contributed by atoms with van der Waals surface area (Å²) in [5.41, 5.74) is 5.24. The molecule has 2 aliphatic rings. The molecule has 32 heavy (non-hydrogen) atoms. The third-order valence-corrected chi connectivity index (χ3v) is 8.78. The molecule has 0 atom stereocenters. The Labute approximate surface area is 189 Å². The molecule has 4 rings (SSSR count). The first-order valence-electron chi connectivity index (χ1n) is 11.3. The van der Waals surface area contributed by atoms with Crippen molar-refractivity contribution in [3.05, 3.63) is 48.0 Å². The fourth-order valence-electron chi connectivity index (χ4n) is 4.79. The molecule has 2 aromatic rings. The number of primary amides is 1. The molecule has 1 aliphatic heterocycles. The van der Waals surface area contributed by atoms with Gasteiger partial charge in [-0.2, -0.15) is 4.31 Å². The number of nitrogens with two attached hydrogens (primary N) is 1. The highest BCUT2D eigenvalue weighted by Crippen LogP contribution is 2.31. The van der Waals surface area contributed by atoms with Gasteiger partial charge in [0.25, 0.3) is 0 Å². The first-order chi connectivity index (χ1) is 15.2. The van der Waals surface area contributed by atoms with Crippen LogP contribution in [0.15, 0.2) is 42.5 Å². The lowest BCUT2D eigenvalue weighted by atomic mass is 9.81. The first kappa shape index (κ1) is 22.7. The normalized spacial score (nSPS) is 23.4. The molecule has 1 aliphatic carbocycles. The Morgan fingerprint density at radius 2 is 1.72 bits per heavy atom. The second kappa shape index (κ2) is 8.83. The van der Waals surface area contributed by atoms with E-state index in [4.69, 9.17) is 5.73 Å². The number of hydrogen-bond acceptors (Lipinski definition) is 4. The molecule has 1 saturated heterocycles. The Morgan fingerprint density at radius 1 is 1.06 bits per heavy atom. The van der Waals surface area contributed by atoms with E-state index in [-0.39, 0.29) is 30.7 Å². The molecule has 1 heterocycles. The minimum Gasteiger partial charge on any atom is -0.368 e. The quantitative estimate of drug-likeness (QED) is 0.664. The third kappa shape index (κ3) is 4.52. The maximum atomic E-state index is 12.9. The minimum absolute atomic E-state index is 0.0652. The minimum atomic E-state index is -3.59. The molecule has 2 fully saturated rings. The predicted molar refractivity (Wildman–Crippen MR) is 124 cm³/mol. The summed E-state index contributed by atoms with van der Waals surface area (Å²) in [5.74, 6) is -0.474. The van der Waals surface area contributed by atoms with Crippen LogP contribution < -0.4 is 11.1 Å². The lowest BCUT2D eigenvalue weighted by Crippen LogP contribution is -2.77. The van der Waals surface area contributed by atoms with Crippen molar-refractivity contribution in [1.82, 2.24) is 9.62 Å². The number of carbonyl (C=O) groups is 2. The van der Waals surface area contributed by atoms with Gasteiger partial charge in [-0.25, -0.2) is 8.42 Å². The summed E-state index contributed by atoms with van der Waals surface area (Å²) in [7, 11) is -3.59. The second-order valence-corrected chi connectivity index (χ2v) is 11.5. The molecular formula is C24H31N3O4S. The number of amides is 2. The van der Waals surface area contributed by atoms with Gasteiger partial charge in [-0.3, -0.25) is 9.59 Å². The highest BCUT2D eigenvalue weighted by Gasteiger charge is 2.53. The van der Waals surface area contributed by atoms with E-state index in [2.05, 4.69) is 12.2 Å². The lowest BCUT2D eigenvalue weighted by Gasteiger charge is -2.47. The number of benzene rings is 2. The summed E-state index contributed by atoms with van der Waals surface area (Å²) >= 11 is 0. The van der Waals surface area contributed by atoms with Gasteiger partial charge in [-0.1, -0.05) is 49.4 Å². The van der Waals surface area contributed by atoms with Crippen molar-refractivity contribution in [1.29, 1.82) is 0 Å². The Morgan fingerprint density at radius 3 is 2.41 bits per heavy atom. The van der Waals surface area contributed by atoms with Gasteiger partial charge in [0.15, 0.2) is 0 Å². The molecule has 7 nitrogen and oxygen atoms in total. The van der Waals surface area contributed by atoms with Crippen LogP contribution in [-0.4, -0.2) is 48.9 Å². The molecule has 2 aromatic carbocycles. The molecule has 2 amide bonds. The predicted octanol–water partition coefficient (Wildman–Crippen LogP) is 2.19. The molecule has 0 aromatic heterocycles. The number of hydrogen-bond donors (Lipinski definition) is 2. The van der Waals surface area contributed by atoms with Gasteiger partial charge in [0.2, 0.25) is 21.8 Å². The number of nitrogens with zero attached hydrogens (tertiary/aromatic N) is 1. The molecule has 1 saturated carbocycles. The summed E-state index contributed by atoms with van der Waals surface area (Å²) in [6.45, 7) is 1.97. The van der Waals surface area contributed by atoms with Crippen LogP contribution in [0.1, 0.15) is 38.2 Å². The topological polar surface area (TPSA) is 110 Å². The Kier molecular flexibility index (Phi) is 6.27. The molecule has 3 N–H and O–H groups in total. The van der Waals surface area contributed by atoms with Gasteiger partial charge < -0.3 is 11.1 Å². The van der Waals surface area contributed by atoms with Crippen molar-refractivity contribution in [3.8, 4) is 0 Å². The van der Waals surface area contributed by atoms with Gasteiger partial charge in [-0.15, -0.1) is 0 Å². The van der Waals surface area contributed by atoms with Crippen LogP contribution >= 0.6 is 0 Å². The maximum Gasteiger partial charge on any atom is 0.245 e. The van der Waals surface area contributed by atoms with Gasteiger partial charge in [0.05, 0.1) is 5.75 Å². The first-order valence-corrected chi connectivity index (χ1v) is 12.9. The maximum absolute atomic E-state index is 12.9. The smallest absolute Gasteiger partial charge is 0.245 e. The molecule has 0 radical (unpaired) electrons. The van der Waals surface area contributed by atoms with E-state index in [0.717, 1.165) is 42.0 Å². The van der Waals surface area contributed by atoms with Crippen LogP contribution in [0, 0.1) is 11.8 Å². The summed E-state index contributed by atoms with van der Waals surface area (Å²) in [5, 5.41) is 4.90. The van der Waals surface area contributed by atoms with Crippen LogP contribution in [0.25, 0.3) is 10.8 Å². The van der Waals surface area contributed by atoms with Gasteiger partial charge >= 0.3 is 0 Å². The van der Waals surface area contributed by atoms with Gasteiger partial charge in [-0.05, 0) is 54.4 Å². The van der Waals surface area contributed by atoms with Gasteiger partial charge in [0.1, 0.15) is 5.54 Å². The van der Waals surface area contributed by atoms with E-state index >= 15 is 0 Å². The average molecular weight is 458 g/mol. The van der Waals surface area contributed by atoms with E-state index in [1.807, 2.05) is 42.5 Å². The Balaban J connectivity index is 1.39. The van der Waals surface area contributed by atoms with Crippen LogP contribution in [0.2, 0.25) is 0 Å². The number of fused-ring (bicyclic) bond motifs is 1. The number of aryl methyl sites for hydroxylation is 1. The summed E-state index contributed by atoms with van der Waals surface area (Å²) in [6, 6.07) is 13.7. The highest BCUT2D eigenvalue weighted by atomic mass is 32.2. The lowest BCUT2D eigenvalue weighted by molar-refractivity contribution is -0.138. The van der Waals surface area contributed by atoms with E-state index < -0.39 is 21.5 Å². The van der Waals surface area contributed by atoms with Crippen molar-refractivity contribution < 1.29 is 18.0 Å². The van der Waals surface area contributed by atoms with Crippen LogP contribution in [0.5, 0.6) is 0 Å². The molecular weight excluding hydrogens is 426 g/mol. The van der Waals surface area contributed by atoms with E-state index in [1.165, 1.54) is 4.31 Å². The van der Waals surface area contributed by atoms with Crippen molar-refractivity contribution in [2.24, 2.45) is 17.6 Å². The largest absolute Gasteiger partial charge is 0.368 e. The SMILES string of the molecule is CC1CCC(C(=O)NC2(C(N)=O)CN(S(=O)(=O)CCc3cccc4ccccc34)C2)CC1. The van der Waals surface area contributed by atoms with E-state index in [0.29, 0.717) is 12.3 Å². The molecule has 0 bridgehead atoms. The molecule has 172 valence electrons. The summed E-state index contributed by atoms with van der Waals surface area (Å²) in [6.07, 6.45) is 3.91. The number of carbonyl (C=O) groups excluding carboxylic acids is 2. The fourth-order valence-corrected chi connectivity index (χ4v) is 6.36. The standard InChI is InChI=1S/C24H31N3O4S/c1-17-9-11-20(12-10-17)22(28)26-24(23(25)29)15-27(16-24)32(30,31)14-13-19-7-4-6-18-5-2-3-8-21(18)19/h2-8,17,20H,9-16H2,1H3,(H2,25,29)(H,26,28). The number of nitrogens with one attached hydrogen (secondary N) is 1. The molecule has 8 heteroatoms.